The molecule has 0 atom stereocenters. The number of hydrogen-bond donors (Lipinski definition) is 4. The quantitative estimate of drug-likeness (QED) is 0.333. The minimum absolute atomic E-state index is 0.0682. The molecule has 0 aliphatic heterocycles. The summed E-state index contributed by atoms with van der Waals surface area (Å²) < 4.78 is 31.7. The standard InChI is InChI=1S/C16H14N2O4S/c17-16-12-9-11(23(20,21)22)7-5-10(12)6-8-14(16)18-13-3-1-2-4-15(13)19/h1-9,18-19H,17H2,(H,20,21,22). The van der Waals surface area contributed by atoms with Gasteiger partial charge in [0.15, 0.2) is 0 Å². The highest BCUT2D eigenvalue weighted by Crippen LogP contribution is 2.34. The maximum absolute atomic E-state index is 11.3. The molecule has 118 valence electrons. The highest BCUT2D eigenvalue weighted by Gasteiger charge is 2.13. The van der Waals surface area contributed by atoms with Crippen molar-refractivity contribution in [2.75, 3.05) is 11.1 Å². The molecule has 0 fully saturated rings. The Balaban J connectivity index is 2.12. The first-order valence-electron chi connectivity index (χ1n) is 6.71. The van der Waals surface area contributed by atoms with Gasteiger partial charge in [0, 0.05) is 5.39 Å². The summed E-state index contributed by atoms with van der Waals surface area (Å²) in [7, 11) is -4.31. The van der Waals surface area contributed by atoms with Crippen LogP contribution in [0.3, 0.4) is 0 Å². The SMILES string of the molecule is Nc1c(Nc2ccccc2O)ccc2ccc(S(=O)(=O)O)cc12. The molecule has 0 amide bonds. The van der Waals surface area contributed by atoms with E-state index in [9.17, 15) is 13.5 Å². The molecule has 23 heavy (non-hydrogen) atoms. The molecule has 0 spiro atoms. The van der Waals surface area contributed by atoms with E-state index in [1.807, 2.05) is 0 Å². The van der Waals surface area contributed by atoms with E-state index in [0.717, 1.165) is 5.39 Å². The van der Waals surface area contributed by atoms with Crippen LogP contribution in [0.15, 0.2) is 59.5 Å². The topological polar surface area (TPSA) is 113 Å². The van der Waals surface area contributed by atoms with Crippen molar-refractivity contribution in [2.45, 2.75) is 4.90 Å². The second kappa shape index (κ2) is 5.45. The molecule has 0 radical (unpaired) electrons. The number of nitrogen functional groups attached to an aromatic ring is 1. The maximum atomic E-state index is 11.3. The highest BCUT2D eigenvalue weighted by molar-refractivity contribution is 7.85. The summed E-state index contributed by atoms with van der Waals surface area (Å²) in [5.74, 6) is 0.0682. The molecule has 0 unspecified atom stereocenters. The Hall–Kier alpha value is -2.77. The molecule has 0 aliphatic carbocycles. The van der Waals surface area contributed by atoms with Crippen molar-refractivity contribution in [2.24, 2.45) is 0 Å². The van der Waals surface area contributed by atoms with E-state index in [1.165, 1.54) is 18.2 Å². The molecule has 7 heteroatoms. The number of benzene rings is 3. The monoisotopic (exact) mass is 330 g/mol. The molecule has 6 nitrogen and oxygen atoms in total. The summed E-state index contributed by atoms with van der Waals surface area (Å²) in [6.07, 6.45) is 0. The van der Waals surface area contributed by atoms with Gasteiger partial charge in [0.2, 0.25) is 0 Å². The van der Waals surface area contributed by atoms with Crippen LogP contribution in [0.1, 0.15) is 0 Å². The molecule has 5 N–H and O–H groups in total. The lowest BCUT2D eigenvalue weighted by atomic mass is 10.1. The number of aromatic hydroxyl groups is 1. The fourth-order valence-electron chi connectivity index (χ4n) is 2.32. The van der Waals surface area contributed by atoms with Gasteiger partial charge in [0.1, 0.15) is 5.75 Å². The van der Waals surface area contributed by atoms with Crippen LogP contribution in [0.25, 0.3) is 10.8 Å². The molecule has 0 saturated heterocycles. The van der Waals surface area contributed by atoms with Crippen LogP contribution >= 0.6 is 0 Å². The first-order chi connectivity index (χ1) is 10.9. The van der Waals surface area contributed by atoms with Crippen LogP contribution in [0, 0.1) is 0 Å². The highest BCUT2D eigenvalue weighted by atomic mass is 32.2. The van der Waals surface area contributed by atoms with Crippen LogP contribution < -0.4 is 11.1 Å². The van der Waals surface area contributed by atoms with Gasteiger partial charge < -0.3 is 16.2 Å². The fraction of sp³-hybridized carbons (Fsp3) is 0. The molecule has 3 rings (SSSR count). The fourth-order valence-corrected chi connectivity index (χ4v) is 2.82. The average Bonchev–Trinajstić information content (AvgIpc) is 2.51. The lowest BCUT2D eigenvalue weighted by Gasteiger charge is -2.13. The molecule has 0 aromatic heterocycles. The minimum atomic E-state index is -4.31. The number of fused-ring (bicyclic) bond motifs is 1. The summed E-state index contributed by atoms with van der Waals surface area (Å²) >= 11 is 0. The van der Waals surface area contributed by atoms with Crippen LogP contribution in [0.2, 0.25) is 0 Å². The Labute approximate surface area is 132 Å². The van der Waals surface area contributed by atoms with Crippen molar-refractivity contribution in [1.82, 2.24) is 0 Å². The van der Waals surface area contributed by atoms with Gasteiger partial charge in [0.25, 0.3) is 10.1 Å². The molecule has 0 aliphatic rings. The summed E-state index contributed by atoms with van der Waals surface area (Å²) in [5, 5.41) is 14.0. The molecule has 3 aromatic carbocycles. The lowest BCUT2D eigenvalue weighted by molar-refractivity contribution is 0.477. The predicted octanol–water partition coefficient (Wildman–Crippen LogP) is 3.12. The van der Waals surface area contributed by atoms with Gasteiger partial charge >= 0.3 is 0 Å². The van der Waals surface area contributed by atoms with Crippen molar-refractivity contribution in [1.29, 1.82) is 0 Å². The molecule has 0 bridgehead atoms. The Kier molecular flexibility index (Phi) is 3.59. The number of nitrogens with two attached hydrogens (primary N) is 1. The van der Waals surface area contributed by atoms with Crippen LogP contribution in [0.5, 0.6) is 5.75 Å². The van der Waals surface area contributed by atoms with Crippen molar-refractivity contribution in [3.63, 3.8) is 0 Å². The van der Waals surface area contributed by atoms with Gasteiger partial charge in [-0.05, 0) is 35.7 Å². The normalized spacial score (nSPS) is 11.5. The largest absolute Gasteiger partial charge is 0.506 e. The molecule has 0 heterocycles. The molecule has 0 saturated carbocycles. The number of anilines is 3. The molecule has 3 aromatic rings. The van der Waals surface area contributed by atoms with Crippen LogP contribution in [0.4, 0.5) is 17.1 Å². The molecular weight excluding hydrogens is 316 g/mol. The van der Waals surface area contributed by atoms with Crippen LogP contribution in [-0.2, 0) is 10.1 Å². The summed E-state index contributed by atoms with van der Waals surface area (Å²) in [5.41, 5.74) is 7.42. The zero-order valence-corrected chi connectivity index (χ0v) is 12.7. The first kappa shape index (κ1) is 15.1. The van der Waals surface area contributed by atoms with E-state index < -0.39 is 10.1 Å². The number of para-hydroxylation sites is 2. The summed E-state index contributed by atoms with van der Waals surface area (Å²) in [6, 6.07) is 14.4. The maximum Gasteiger partial charge on any atom is 0.294 e. The lowest BCUT2D eigenvalue weighted by Crippen LogP contribution is -2.00. The van der Waals surface area contributed by atoms with E-state index in [-0.39, 0.29) is 10.6 Å². The number of nitrogens with one attached hydrogen (secondary N) is 1. The Morgan fingerprint density at radius 1 is 0.957 bits per heavy atom. The van der Waals surface area contributed by atoms with Crippen LogP contribution in [-0.4, -0.2) is 18.1 Å². The van der Waals surface area contributed by atoms with Crippen molar-refractivity contribution < 1.29 is 18.1 Å². The van der Waals surface area contributed by atoms with E-state index >= 15 is 0 Å². The molecular formula is C16H14N2O4S. The Morgan fingerprint density at radius 3 is 2.35 bits per heavy atom. The van der Waals surface area contributed by atoms with Crippen molar-refractivity contribution >= 4 is 38.0 Å². The zero-order valence-electron chi connectivity index (χ0n) is 11.9. The van der Waals surface area contributed by atoms with E-state index in [4.69, 9.17) is 10.3 Å². The van der Waals surface area contributed by atoms with E-state index in [0.29, 0.717) is 22.4 Å². The van der Waals surface area contributed by atoms with Gasteiger partial charge in [-0.2, -0.15) is 8.42 Å². The number of phenols is 1. The zero-order chi connectivity index (χ0) is 16.6. The van der Waals surface area contributed by atoms with Crippen molar-refractivity contribution in [3.8, 4) is 5.75 Å². The third kappa shape index (κ3) is 2.92. The second-order valence-corrected chi connectivity index (χ2v) is 6.45. The van der Waals surface area contributed by atoms with Gasteiger partial charge in [-0.3, -0.25) is 4.55 Å². The third-order valence-electron chi connectivity index (χ3n) is 3.51. The van der Waals surface area contributed by atoms with Gasteiger partial charge in [-0.1, -0.05) is 24.3 Å². The second-order valence-electron chi connectivity index (χ2n) is 5.03. The van der Waals surface area contributed by atoms with E-state index in [1.54, 1.807) is 36.4 Å². The minimum Gasteiger partial charge on any atom is -0.506 e. The number of hydrogen-bond acceptors (Lipinski definition) is 5. The Bertz CT molecular complexity index is 1000. The number of phenolic OH excluding ortho intramolecular Hbond substituents is 1. The smallest absolute Gasteiger partial charge is 0.294 e. The first-order valence-corrected chi connectivity index (χ1v) is 8.15. The van der Waals surface area contributed by atoms with Gasteiger partial charge in [0.05, 0.1) is 22.0 Å². The Morgan fingerprint density at radius 2 is 1.65 bits per heavy atom. The van der Waals surface area contributed by atoms with Gasteiger partial charge in [-0.15, -0.1) is 0 Å². The number of rotatable bonds is 3. The van der Waals surface area contributed by atoms with E-state index in [2.05, 4.69) is 5.32 Å². The average molecular weight is 330 g/mol. The van der Waals surface area contributed by atoms with Gasteiger partial charge in [-0.25, -0.2) is 0 Å². The predicted molar refractivity (Wildman–Crippen MR) is 89.6 cm³/mol. The third-order valence-corrected chi connectivity index (χ3v) is 4.36. The summed E-state index contributed by atoms with van der Waals surface area (Å²) in [4.78, 5) is -0.226. The summed E-state index contributed by atoms with van der Waals surface area (Å²) in [6.45, 7) is 0. The van der Waals surface area contributed by atoms with Crippen molar-refractivity contribution in [3.05, 3.63) is 54.6 Å².